The van der Waals surface area contributed by atoms with Gasteiger partial charge in [0.05, 0.1) is 5.56 Å². The highest BCUT2D eigenvalue weighted by molar-refractivity contribution is 7.16. The molecule has 104 valence electrons. The molecule has 1 aromatic heterocycles. The van der Waals surface area contributed by atoms with Crippen LogP contribution in [0.4, 0.5) is 18.2 Å². The Morgan fingerprint density at radius 2 is 2.21 bits per heavy atom. The van der Waals surface area contributed by atoms with Crippen LogP contribution in [0, 0.1) is 11.3 Å². The molecule has 0 bridgehead atoms. The molecule has 2 rings (SSSR count). The van der Waals surface area contributed by atoms with Gasteiger partial charge in [0.15, 0.2) is 6.10 Å². The minimum absolute atomic E-state index is 0.291. The van der Waals surface area contributed by atoms with E-state index >= 15 is 0 Å². The Bertz CT molecular complexity index is 520. The number of nitrogen functional groups attached to an aromatic ring is 1. The second kappa shape index (κ2) is 5.00. The number of nitrogens with two attached hydrogens (primary N) is 1. The summed E-state index contributed by atoms with van der Waals surface area (Å²) in [5, 5.41) is 18.4. The van der Waals surface area contributed by atoms with Gasteiger partial charge in [0.2, 0.25) is 0 Å². The third-order valence-corrected chi connectivity index (χ3v) is 4.13. The van der Waals surface area contributed by atoms with E-state index in [1.54, 1.807) is 0 Å². The zero-order valence-electron chi connectivity index (χ0n) is 9.87. The number of aliphatic hydroxyl groups excluding tert-OH is 1. The summed E-state index contributed by atoms with van der Waals surface area (Å²) >= 11 is 1.23. The predicted octanol–water partition coefficient (Wildman–Crippen LogP) is 1.48. The van der Waals surface area contributed by atoms with E-state index in [1.165, 1.54) is 16.2 Å². The Kier molecular flexibility index (Phi) is 3.71. The van der Waals surface area contributed by atoms with E-state index < -0.39 is 18.8 Å². The van der Waals surface area contributed by atoms with Gasteiger partial charge in [-0.25, -0.2) is 0 Å². The van der Waals surface area contributed by atoms with Gasteiger partial charge in [0.1, 0.15) is 11.1 Å². The number of nitriles is 1. The molecule has 0 aromatic carbocycles. The quantitative estimate of drug-likeness (QED) is 0.865. The molecule has 0 spiro atoms. The van der Waals surface area contributed by atoms with Gasteiger partial charge < -0.3 is 10.8 Å². The van der Waals surface area contributed by atoms with E-state index in [4.69, 9.17) is 16.1 Å². The van der Waals surface area contributed by atoms with Crippen molar-refractivity contribution in [3.63, 3.8) is 0 Å². The Hall–Kier alpha value is -1.30. The first-order chi connectivity index (χ1) is 8.82. The Balaban J connectivity index is 2.09. The van der Waals surface area contributed by atoms with E-state index in [0.29, 0.717) is 30.1 Å². The minimum Gasteiger partial charge on any atom is -0.389 e. The topological polar surface area (TPSA) is 73.3 Å². The highest BCUT2D eigenvalue weighted by atomic mass is 32.1. The van der Waals surface area contributed by atoms with Gasteiger partial charge >= 0.3 is 6.18 Å². The van der Waals surface area contributed by atoms with Crippen LogP contribution in [0.15, 0.2) is 0 Å². The van der Waals surface area contributed by atoms with Crippen LogP contribution in [0.5, 0.6) is 0 Å². The Morgan fingerprint density at radius 1 is 1.53 bits per heavy atom. The summed E-state index contributed by atoms with van der Waals surface area (Å²) < 4.78 is 36.9. The lowest BCUT2D eigenvalue weighted by atomic mass is 10.0. The average molecular weight is 291 g/mol. The van der Waals surface area contributed by atoms with Crippen molar-refractivity contribution in [3.8, 4) is 6.07 Å². The molecule has 4 nitrogen and oxygen atoms in total. The molecule has 0 aliphatic carbocycles. The van der Waals surface area contributed by atoms with Crippen molar-refractivity contribution in [2.75, 3.05) is 18.8 Å². The van der Waals surface area contributed by atoms with Crippen molar-refractivity contribution in [2.45, 2.75) is 25.2 Å². The van der Waals surface area contributed by atoms with Crippen molar-refractivity contribution in [1.82, 2.24) is 4.90 Å². The standard InChI is InChI=1S/C11H12F3N3OS/c12-11(13,14)9(18)5-17-2-1-6-7(3-15)10(16)19-8(6)4-17/h9,18H,1-2,4-5,16H2. The van der Waals surface area contributed by atoms with Crippen molar-refractivity contribution < 1.29 is 18.3 Å². The molecular formula is C11H12F3N3OS. The summed E-state index contributed by atoms with van der Waals surface area (Å²) in [4.78, 5) is 2.34. The normalized spacial score (nSPS) is 17.8. The number of anilines is 1. The molecule has 1 unspecified atom stereocenters. The first kappa shape index (κ1) is 14.1. The van der Waals surface area contributed by atoms with Crippen LogP contribution in [-0.4, -0.2) is 35.4 Å². The largest absolute Gasteiger partial charge is 0.415 e. The van der Waals surface area contributed by atoms with E-state index in [9.17, 15) is 13.2 Å². The second-order valence-corrected chi connectivity index (χ2v) is 5.53. The van der Waals surface area contributed by atoms with Crippen LogP contribution >= 0.6 is 11.3 Å². The van der Waals surface area contributed by atoms with Gasteiger partial charge in [-0.2, -0.15) is 18.4 Å². The Morgan fingerprint density at radius 3 is 2.79 bits per heavy atom. The number of nitrogens with zero attached hydrogens (tertiary/aromatic N) is 2. The monoisotopic (exact) mass is 291 g/mol. The summed E-state index contributed by atoms with van der Waals surface area (Å²) in [6, 6.07) is 2.02. The molecule has 0 radical (unpaired) electrons. The first-order valence-electron chi connectivity index (χ1n) is 5.60. The second-order valence-electron chi connectivity index (χ2n) is 4.40. The SMILES string of the molecule is N#Cc1c(N)sc2c1CCN(CC(O)C(F)(F)F)C2. The summed E-state index contributed by atoms with van der Waals surface area (Å²) in [6.45, 7) is 0.215. The van der Waals surface area contributed by atoms with Gasteiger partial charge in [-0.3, -0.25) is 4.90 Å². The molecule has 2 heterocycles. The molecule has 8 heteroatoms. The van der Waals surface area contributed by atoms with Crippen molar-refractivity contribution >= 4 is 16.3 Å². The van der Waals surface area contributed by atoms with Gasteiger partial charge in [-0.05, 0) is 12.0 Å². The van der Waals surface area contributed by atoms with E-state index in [0.717, 1.165) is 10.4 Å². The van der Waals surface area contributed by atoms with Gasteiger partial charge in [0, 0.05) is 24.5 Å². The van der Waals surface area contributed by atoms with Crippen LogP contribution in [0.2, 0.25) is 0 Å². The number of alkyl halides is 3. The number of halogens is 3. The average Bonchev–Trinajstić information content (AvgIpc) is 2.62. The number of hydrogen-bond donors (Lipinski definition) is 2. The number of hydrogen-bond acceptors (Lipinski definition) is 5. The zero-order valence-corrected chi connectivity index (χ0v) is 10.7. The van der Waals surface area contributed by atoms with Crippen molar-refractivity contribution in [1.29, 1.82) is 5.26 Å². The maximum atomic E-state index is 12.3. The molecule has 3 N–H and O–H groups in total. The number of fused-ring (bicyclic) bond motifs is 1. The van der Waals surface area contributed by atoms with E-state index in [2.05, 4.69) is 0 Å². The molecule has 1 atom stereocenters. The van der Waals surface area contributed by atoms with Crippen LogP contribution in [0.1, 0.15) is 16.0 Å². The van der Waals surface area contributed by atoms with Crippen molar-refractivity contribution in [3.05, 3.63) is 16.0 Å². The van der Waals surface area contributed by atoms with Gasteiger partial charge in [-0.15, -0.1) is 11.3 Å². The predicted molar refractivity (Wildman–Crippen MR) is 64.5 cm³/mol. The number of thiophene rings is 1. The molecule has 1 aromatic rings. The summed E-state index contributed by atoms with van der Waals surface area (Å²) in [7, 11) is 0. The van der Waals surface area contributed by atoms with Crippen LogP contribution in [-0.2, 0) is 13.0 Å². The third kappa shape index (κ3) is 2.83. The lowest BCUT2D eigenvalue weighted by Crippen LogP contribution is -2.42. The fraction of sp³-hybridized carbons (Fsp3) is 0.545. The van der Waals surface area contributed by atoms with Gasteiger partial charge in [-0.1, -0.05) is 0 Å². The molecule has 19 heavy (non-hydrogen) atoms. The number of aliphatic hydroxyl groups is 1. The minimum atomic E-state index is -4.60. The summed E-state index contributed by atoms with van der Waals surface area (Å²) in [5.41, 5.74) is 6.97. The molecular weight excluding hydrogens is 279 g/mol. The highest BCUT2D eigenvalue weighted by Gasteiger charge is 2.39. The zero-order chi connectivity index (χ0) is 14.2. The molecule has 1 aliphatic heterocycles. The first-order valence-corrected chi connectivity index (χ1v) is 6.41. The number of rotatable bonds is 2. The van der Waals surface area contributed by atoms with E-state index in [-0.39, 0.29) is 0 Å². The lowest BCUT2D eigenvalue weighted by molar-refractivity contribution is -0.208. The molecule has 0 amide bonds. The highest BCUT2D eigenvalue weighted by Crippen LogP contribution is 2.35. The Labute approximate surface area is 111 Å². The van der Waals surface area contributed by atoms with E-state index in [1.807, 2.05) is 6.07 Å². The van der Waals surface area contributed by atoms with Crippen molar-refractivity contribution in [2.24, 2.45) is 0 Å². The molecule has 0 saturated heterocycles. The third-order valence-electron chi connectivity index (χ3n) is 3.08. The van der Waals surface area contributed by atoms with Crippen LogP contribution in [0.25, 0.3) is 0 Å². The lowest BCUT2D eigenvalue weighted by Gasteiger charge is -2.29. The smallest absolute Gasteiger partial charge is 0.389 e. The fourth-order valence-corrected chi connectivity index (χ4v) is 3.21. The maximum Gasteiger partial charge on any atom is 0.415 e. The summed E-state index contributed by atoms with van der Waals surface area (Å²) in [6.07, 6.45) is -6.47. The molecule has 0 fully saturated rings. The van der Waals surface area contributed by atoms with Crippen LogP contribution < -0.4 is 5.73 Å². The van der Waals surface area contributed by atoms with Crippen LogP contribution in [0.3, 0.4) is 0 Å². The number of β-amino-alcohol motifs (C(OH)–C–C–N with tert-alkyl or cyclic N) is 1. The fourth-order valence-electron chi connectivity index (χ4n) is 2.10. The maximum absolute atomic E-state index is 12.3. The summed E-state index contributed by atoms with van der Waals surface area (Å²) in [5.74, 6) is 0. The van der Waals surface area contributed by atoms with Gasteiger partial charge in [0.25, 0.3) is 0 Å². The molecule has 1 aliphatic rings. The molecule has 0 saturated carbocycles.